The Balaban J connectivity index is 1.69. The Kier molecular flexibility index (Phi) is 24.9. The van der Waals surface area contributed by atoms with Crippen LogP contribution in [0.3, 0.4) is 0 Å². The molecule has 0 radical (unpaired) electrons. The van der Waals surface area contributed by atoms with Gasteiger partial charge in [0.1, 0.15) is 0 Å². The number of aliphatic hydroxyl groups is 1. The summed E-state index contributed by atoms with van der Waals surface area (Å²) in [6, 6.07) is 9.27. The minimum atomic E-state index is -4.46. The third kappa shape index (κ3) is 24.0. The van der Waals surface area contributed by atoms with Gasteiger partial charge < -0.3 is 24.1 Å². The number of ether oxygens (including phenoxy) is 4. The summed E-state index contributed by atoms with van der Waals surface area (Å²) in [5.74, 6) is -1.61. The largest absolute Gasteiger partial charge is 0.465 e. The molecule has 57 heavy (non-hydrogen) atoms. The summed E-state index contributed by atoms with van der Waals surface area (Å²) in [7, 11) is 0. The van der Waals surface area contributed by atoms with Crippen molar-refractivity contribution < 1.29 is 60.0 Å². The van der Waals surface area contributed by atoms with Crippen LogP contribution in [0.15, 0.2) is 72.8 Å². The van der Waals surface area contributed by atoms with Crippen molar-refractivity contribution in [3.63, 3.8) is 0 Å². The monoisotopic (exact) mass is 814 g/mol. The van der Waals surface area contributed by atoms with Gasteiger partial charge in [-0.3, -0.25) is 9.59 Å². The lowest BCUT2D eigenvalue weighted by molar-refractivity contribution is -0.160. The van der Waals surface area contributed by atoms with Gasteiger partial charge in [0.05, 0.1) is 56.5 Å². The molecule has 0 fully saturated rings. The van der Waals surface area contributed by atoms with E-state index in [-0.39, 0.29) is 71.1 Å². The number of esters is 2. The molecule has 2 rings (SSSR count). The van der Waals surface area contributed by atoms with Crippen LogP contribution < -0.4 is 0 Å². The van der Waals surface area contributed by atoms with Crippen LogP contribution >= 0.6 is 0 Å². The van der Waals surface area contributed by atoms with Crippen LogP contribution in [0.25, 0.3) is 0 Å². The van der Waals surface area contributed by atoms with Gasteiger partial charge in [0, 0.05) is 12.8 Å². The Morgan fingerprint density at radius 2 is 1.09 bits per heavy atom. The summed E-state index contributed by atoms with van der Waals surface area (Å²) in [6.07, 6.45) is 11.5. The lowest BCUT2D eigenvalue weighted by Crippen LogP contribution is -2.25. The Bertz CT molecular complexity index is 1360. The van der Waals surface area contributed by atoms with E-state index in [1.165, 1.54) is 43.5 Å². The number of unbranched alkanes of at least 4 members (excludes halogenated alkanes) is 8. The average Bonchev–Trinajstić information content (AvgIpc) is 3.18. The fourth-order valence-electron chi connectivity index (χ4n) is 5.59. The highest BCUT2D eigenvalue weighted by Gasteiger charge is 2.30. The zero-order chi connectivity index (χ0) is 41.8. The highest BCUT2D eigenvalue weighted by molar-refractivity contribution is 5.69. The van der Waals surface area contributed by atoms with E-state index in [2.05, 4.69) is 31.2 Å². The maximum Gasteiger partial charge on any atom is 0.416 e. The predicted molar refractivity (Wildman–Crippen MR) is 207 cm³/mol. The second kappa shape index (κ2) is 28.7. The topological polar surface area (TPSA) is 91.3 Å². The van der Waals surface area contributed by atoms with Crippen molar-refractivity contribution in [2.24, 2.45) is 5.92 Å². The van der Waals surface area contributed by atoms with Gasteiger partial charge in [-0.05, 0) is 86.8 Å². The van der Waals surface area contributed by atoms with Crippen LogP contribution in [0.2, 0.25) is 0 Å². The summed E-state index contributed by atoms with van der Waals surface area (Å²) in [4.78, 5) is 24.8. The number of aliphatic hydroxyl groups excluding tert-OH is 1. The first-order chi connectivity index (χ1) is 27.3. The van der Waals surface area contributed by atoms with Gasteiger partial charge in [-0.25, -0.2) is 0 Å². The van der Waals surface area contributed by atoms with Crippen LogP contribution in [0, 0.1) is 5.92 Å². The summed E-state index contributed by atoms with van der Waals surface area (Å²) in [5, 5.41) is 9.74. The standard InChI is InChI=1S/C44H60F6O7/c1-2-3-4-5-6-7-8-9-10-11-12-13-14-15-16-17-40(52)56-33-37(32-51)34-57-41(53)26-27-42(54-30-28-35-18-22-38(23-19-35)43(45,46)47)55-31-29-36-20-24-39(25-21-36)44(48,49)50/h6-7,9-10,18-25,37,42,51H,2-5,8,11-17,26-34H2,1H3/b7-6-,10-9-. The first-order valence-corrected chi connectivity index (χ1v) is 20.1. The summed E-state index contributed by atoms with van der Waals surface area (Å²) < 4.78 is 99.6. The van der Waals surface area contributed by atoms with Gasteiger partial charge in [0.25, 0.3) is 0 Å². The lowest BCUT2D eigenvalue weighted by atomic mass is 10.1. The van der Waals surface area contributed by atoms with Crippen molar-refractivity contribution >= 4 is 11.9 Å². The third-order valence-corrected chi connectivity index (χ3v) is 9.09. The minimum absolute atomic E-state index is 0.0468. The molecule has 0 aliphatic heterocycles. The predicted octanol–water partition coefficient (Wildman–Crippen LogP) is 11.2. The van der Waals surface area contributed by atoms with Gasteiger partial charge in [-0.15, -0.1) is 0 Å². The van der Waals surface area contributed by atoms with Crippen molar-refractivity contribution in [3.05, 3.63) is 95.1 Å². The maximum absolute atomic E-state index is 12.9. The molecule has 2 aromatic carbocycles. The molecule has 2 aromatic rings. The number of rotatable bonds is 30. The van der Waals surface area contributed by atoms with Crippen LogP contribution in [0.1, 0.15) is 119 Å². The normalized spacial score (nSPS) is 12.9. The van der Waals surface area contributed by atoms with Gasteiger partial charge in [-0.1, -0.05) is 87.6 Å². The van der Waals surface area contributed by atoms with E-state index in [4.69, 9.17) is 18.9 Å². The SMILES string of the molecule is CCCCC/C=C\C/C=C\CCCCCCCC(=O)OCC(CO)COC(=O)CCC(OCCc1ccc(C(F)(F)F)cc1)OCCc1ccc(C(F)(F)F)cc1. The van der Waals surface area contributed by atoms with E-state index in [0.717, 1.165) is 69.2 Å². The molecule has 0 saturated heterocycles. The van der Waals surface area contributed by atoms with E-state index in [1.54, 1.807) is 0 Å². The molecule has 0 aliphatic rings. The number of hydrogen-bond donors (Lipinski definition) is 1. The highest BCUT2D eigenvalue weighted by atomic mass is 19.4. The molecule has 0 saturated carbocycles. The number of carbonyl (C=O) groups excluding carboxylic acids is 2. The van der Waals surface area contributed by atoms with Crippen LogP contribution in [-0.2, 0) is 53.7 Å². The Morgan fingerprint density at radius 1 is 0.632 bits per heavy atom. The second-order valence-corrected chi connectivity index (χ2v) is 14.0. The van der Waals surface area contributed by atoms with Crippen LogP contribution in [-0.4, -0.2) is 56.4 Å². The molecule has 0 spiro atoms. The minimum Gasteiger partial charge on any atom is -0.465 e. The molecule has 13 heteroatoms. The van der Waals surface area contributed by atoms with Gasteiger partial charge in [0.15, 0.2) is 6.29 Å². The number of hydrogen-bond acceptors (Lipinski definition) is 7. The third-order valence-electron chi connectivity index (χ3n) is 9.09. The van der Waals surface area contributed by atoms with Crippen molar-refractivity contribution in [3.8, 4) is 0 Å². The van der Waals surface area contributed by atoms with Crippen molar-refractivity contribution in [2.75, 3.05) is 33.0 Å². The number of carbonyl (C=O) groups is 2. The first kappa shape index (κ1) is 49.5. The van der Waals surface area contributed by atoms with Crippen molar-refractivity contribution in [1.82, 2.24) is 0 Å². The van der Waals surface area contributed by atoms with E-state index in [0.29, 0.717) is 17.5 Å². The Labute approximate surface area is 333 Å². The molecule has 7 nitrogen and oxygen atoms in total. The smallest absolute Gasteiger partial charge is 0.416 e. The zero-order valence-electron chi connectivity index (χ0n) is 33.1. The number of allylic oxidation sites excluding steroid dienone is 4. The molecule has 1 N–H and O–H groups in total. The number of alkyl halides is 6. The molecule has 0 amide bonds. The molecule has 320 valence electrons. The molecule has 1 unspecified atom stereocenters. The van der Waals surface area contributed by atoms with E-state index in [9.17, 15) is 41.0 Å². The first-order valence-electron chi connectivity index (χ1n) is 20.1. The fourth-order valence-corrected chi connectivity index (χ4v) is 5.59. The molecule has 0 bridgehead atoms. The van der Waals surface area contributed by atoms with E-state index < -0.39 is 41.7 Å². The van der Waals surface area contributed by atoms with Crippen molar-refractivity contribution in [2.45, 2.75) is 128 Å². The molecular weight excluding hydrogens is 754 g/mol. The summed E-state index contributed by atoms with van der Waals surface area (Å²) in [6.45, 7) is 1.66. The Morgan fingerprint density at radius 3 is 1.56 bits per heavy atom. The number of halogens is 6. The highest BCUT2D eigenvalue weighted by Crippen LogP contribution is 2.30. The number of benzene rings is 2. The second-order valence-electron chi connectivity index (χ2n) is 14.0. The van der Waals surface area contributed by atoms with Gasteiger partial charge in [0.2, 0.25) is 0 Å². The van der Waals surface area contributed by atoms with Gasteiger partial charge >= 0.3 is 24.3 Å². The quantitative estimate of drug-likeness (QED) is 0.0276. The van der Waals surface area contributed by atoms with Crippen molar-refractivity contribution in [1.29, 1.82) is 0 Å². The maximum atomic E-state index is 12.9. The fraction of sp³-hybridized carbons (Fsp3) is 0.591. The molecular formula is C44H60F6O7. The van der Waals surface area contributed by atoms with Crippen LogP contribution in [0.5, 0.6) is 0 Å². The molecule has 0 aromatic heterocycles. The molecule has 1 atom stereocenters. The Hall–Kier alpha value is -3.68. The average molecular weight is 815 g/mol. The summed E-state index contributed by atoms with van der Waals surface area (Å²) >= 11 is 0. The lowest BCUT2D eigenvalue weighted by Gasteiger charge is -2.19. The van der Waals surface area contributed by atoms with Crippen LogP contribution in [0.4, 0.5) is 26.3 Å². The molecule has 0 heterocycles. The van der Waals surface area contributed by atoms with E-state index >= 15 is 0 Å². The van der Waals surface area contributed by atoms with Gasteiger partial charge in [-0.2, -0.15) is 26.3 Å². The summed E-state index contributed by atoms with van der Waals surface area (Å²) in [5.41, 5.74) is -0.367. The molecule has 0 aliphatic carbocycles. The zero-order valence-corrected chi connectivity index (χ0v) is 33.1. The van der Waals surface area contributed by atoms with E-state index in [1.807, 2.05) is 0 Å².